The predicted octanol–water partition coefficient (Wildman–Crippen LogP) is 3.52. The average molecular weight is 260 g/mol. The van der Waals surface area contributed by atoms with Crippen molar-refractivity contribution < 1.29 is 24.7 Å². The zero-order valence-electron chi connectivity index (χ0n) is 8.22. The standard InChI is InChI=1S/C13H13.Zr/c1-3-7-12-10(5-1)9-11-6-2-4-8-13(11)12;/h1,3,5-7H,2,4,8-9H2;. The first kappa shape index (κ1) is 9.10. The molecule has 0 heterocycles. The molecule has 1 heteroatoms. The van der Waals surface area contributed by atoms with E-state index in [4.69, 9.17) is 0 Å². The Bertz CT molecular complexity index is 403. The van der Waals surface area contributed by atoms with Crippen molar-refractivity contribution in [2.75, 3.05) is 0 Å². The average Bonchev–Trinajstić information content (AvgIpc) is 2.59. The summed E-state index contributed by atoms with van der Waals surface area (Å²) in [5.74, 6) is 0. The summed E-state index contributed by atoms with van der Waals surface area (Å²) in [5, 5.41) is 0. The van der Waals surface area contributed by atoms with E-state index in [0.29, 0.717) is 0 Å². The Hall–Kier alpha value is -0.157. The van der Waals surface area contributed by atoms with Crippen LogP contribution in [-0.4, -0.2) is 0 Å². The predicted molar refractivity (Wildman–Crippen MR) is 54.7 cm³/mol. The minimum atomic E-state index is 0.915. The van der Waals surface area contributed by atoms with Crippen LogP contribution in [0.2, 0.25) is 3.63 Å². The van der Waals surface area contributed by atoms with Gasteiger partial charge in [0.25, 0.3) is 0 Å². The zero-order chi connectivity index (χ0) is 9.54. The van der Waals surface area contributed by atoms with Crippen molar-refractivity contribution in [3.63, 3.8) is 0 Å². The minimum absolute atomic E-state index is 0.915. The molecular formula is C13H13Zr. The SMILES string of the molecule is [Zr][CH]1CCCC2=C1Cc1ccccc12. The van der Waals surface area contributed by atoms with Crippen LogP contribution in [0.5, 0.6) is 0 Å². The second-order valence-electron chi connectivity index (χ2n) is 4.28. The summed E-state index contributed by atoms with van der Waals surface area (Å²) in [7, 11) is 0. The van der Waals surface area contributed by atoms with Gasteiger partial charge >= 0.3 is 101 Å². The van der Waals surface area contributed by atoms with Crippen LogP contribution in [-0.2, 0) is 31.1 Å². The molecule has 14 heavy (non-hydrogen) atoms. The van der Waals surface area contributed by atoms with Gasteiger partial charge in [-0.2, -0.15) is 0 Å². The number of rotatable bonds is 0. The fourth-order valence-corrected chi connectivity index (χ4v) is 3.92. The fourth-order valence-electron chi connectivity index (χ4n) is 2.74. The first-order valence-electron chi connectivity index (χ1n) is 5.37. The first-order valence-corrected chi connectivity index (χ1v) is 6.79. The molecule has 69 valence electrons. The maximum absolute atomic E-state index is 2.31. The van der Waals surface area contributed by atoms with Gasteiger partial charge in [0.05, 0.1) is 0 Å². The molecule has 0 aromatic heterocycles. The molecule has 1 aromatic carbocycles. The molecule has 3 rings (SSSR count). The third-order valence-electron chi connectivity index (χ3n) is 3.45. The molecular weight excluding hydrogens is 247 g/mol. The van der Waals surface area contributed by atoms with Crippen molar-refractivity contribution in [1.29, 1.82) is 0 Å². The third-order valence-corrected chi connectivity index (χ3v) is 5.02. The molecule has 0 saturated carbocycles. The van der Waals surface area contributed by atoms with Gasteiger partial charge in [-0.1, -0.05) is 0 Å². The molecule has 2 aliphatic rings. The molecule has 0 aliphatic heterocycles. The van der Waals surface area contributed by atoms with Gasteiger partial charge in [0, 0.05) is 0 Å². The molecule has 0 fully saturated rings. The van der Waals surface area contributed by atoms with E-state index in [9.17, 15) is 0 Å². The van der Waals surface area contributed by atoms with Crippen LogP contribution in [0, 0.1) is 0 Å². The molecule has 2 aliphatic carbocycles. The van der Waals surface area contributed by atoms with Crippen molar-refractivity contribution in [3.05, 3.63) is 41.0 Å². The molecule has 1 aromatic rings. The van der Waals surface area contributed by atoms with Crippen LogP contribution < -0.4 is 0 Å². The van der Waals surface area contributed by atoms with Crippen molar-refractivity contribution >= 4 is 5.57 Å². The quantitative estimate of drug-likeness (QED) is 0.669. The second kappa shape index (κ2) is 3.45. The summed E-state index contributed by atoms with van der Waals surface area (Å²) in [5.41, 5.74) is 6.62. The Morgan fingerprint density at radius 3 is 3.00 bits per heavy atom. The van der Waals surface area contributed by atoms with Crippen LogP contribution in [0.25, 0.3) is 5.57 Å². The normalized spacial score (nSPS) is 24.6. The van der Waals surface area contributed by atoms with Crippen molar-refractivity contribution in [3.8, 4) is 0 Å². The Kier molecular flexibility index (Phi) is 2.24. The summed E-state index contributed by atoms with van der Waals surface area (Å²) in [6.45, 7) is 0. The third kappa shape index (κ3) is 1.29. The topological polar surface area (TPSA) is 0 Å². The van der Waals surface area contributed by atoms with E-state index in [1.54, 1.807) is 47.0 Å². The van der Waals surface area contributed by atoms with Crippen molar-refractivity contribution in [2.24, 2.45) is 0 Å². The number of benzene rings is 1. The molecule has 1 atom stereocenters. The van der Waals surface area contributed by atoms with Gasteiger partial charge in [-0.15, -0.1) is 0 Å². The Balaban J connectivity index is 2.12. The zero-order valence-corrected chi connectivity index (χ0v) is 10.7. The number of hydrogen-bond donors (Lipinski definition) is 0. The summed E-state index contributed by atoms with van der Waals surface area (Å²) in [4.78, 5) is 0. The Morgan fingerprint density at radius 1 is 1.21 bits per heavy atom. The molecule has 0 amide bonds. The Morgan fingerprint density at radius 2 is 2.07 bits per heavy atom. The number of hydrogen-bond acceptors (Lipinski definition) is 0. The first-order chi connectivity index (χ1) is 6.86. The second-order valence-corrected chi connectivity index (χ2v) is 6.00. The molecule has 0 spiro atoms. The number of fused-ring (bicyclic) bond motifs is 2. The van der Waals surface area contributed by atoms with Crippen LogP contribution in [0.3, 0.4) is 0 Å². The van der Waals surface area contributed by atoms with Gasteiger partial charge in [0.1, 0.15) is 0 Å². The van der Waals surface area contributed by atoms with E-state index >= 15 is 0 Å². The fraction of sp³-hybridized carbons (Fsp3) is 0.385. The van der Waals surface area contributed by atoms with Crippen LogP contribution in [0.15, 0.2) is 29.8 Å². The van der Waals surface area contributed by atoms with Gasteiger partial charge < -0.3 is 0 Å². The maximum atomic E-state index is 2.31. The van der Waals surface area contributed by atoms with E-state index in [0.717, 1.165) is 3.63 Å². The van der Waals surface area contributed by atoms with Crippen molar-refractivity contribution in [2.45, 2.75) is 29.3 Å². The van der Waals surface area contributed by atoms with E-state index in [2.05, 4.69) is 24.3 Å². The van der Waals surface area contributed by atoms with Gasteiger partial charge in [-0.25, -0.2) is 0 Å². The van der Waals surface area contributed by atoms with Gasteiger partial charge in [0.2, 0.25) is 0 Å². The molecule has 0 radical (unpaired) electrons. The van der Waals surface area contributed by atoms with E-state index in [1.165, 1.54) is 25.7 Å². The molecule has 0 N–H and O–H groups in total. The van der Waals surface area contributed by atoms with Crippen LogP contribution >= 0.6 is 0 Å². The summed E-state index contributed by atoms with van der Waals surface area (Å²) < 4.78 is 0.915. The van der Waals surface area contributed by atoms with Gasteiger partial charge in [0.15, 0.2) is 0 Å². The van der Waals surface area contributed by atoms with Crippen LogP contribution in [0.4, 0.5) is 0 Å². The van der Waals surface area contributed by atoms with E-state index in [1.807, 2.05) is 0 Å². The van der Waals surface area contributed by atoms with Gasteiger partial charge in [-0.3, -0.25) is 0 Å². The summed E-state index contributed by atoms with van der Waals surface area (Å²) in [6.07, 6.45) is 5.42. The molecule has 0 saturated heterocycles. The summed E-state index contributed by atoms with van der Waals surface area (Å²) in [6, 6.07) is 8.97. The molecule has 0 bridgehead atoms. The van der Waals surface area contributed by atoms with E-state index < -0.39 is 0 Å². The number of allylic oxidation sites excluding steroid dienone is 2. The van der Waals surface area contributed by atoms with Crippen LogP contribution in [0.1, 0.15) is 30.4 Å². The summed E-state index contributed by atoms with van der Waals surface area (Å²) >= 11 is 1.71. The van der Waals surface area contributed by atoms with E-state index in [-0.39, 0.29) is 0 Å². The van der Waals surface area contributed by atoms with Gasteiger partial charge in [-0.05, 0) is 0 Å². The van der Waals surface area contributed by atoms with Crippen molar-refractivity contribution in [1.82, 2.24) is 0 Å². The molecule has 0 nitrogen and oxygen atoms in total. The monoisotopic (exact) mass is 259 g/mol. The Labute approximate surface area is 100 Å². The molecule has 1 unspecified atom stereocenters.